The number of carbonyl (C=O) groups is 1. The lowest BCUT2D eigenvalue weighted by Crippen LogP contribution is -2.30. The highest BCUT2D eigenvalue weighted by Crippen LogP contribution is 2.28. The number of halogens is 1. The highest BCUT2D eigenvalue weighted by molar-refractivity contribution is 7.89. The van der Waals surface area contributed by atoms with Gasteiger partial charge in [0.15, 0.2) is 11.5 Å². The first kappa shape index (κ1) is 32.4. The summed E-state index contributed by atoms with van der Waals surface area (Å²) in [5, 5.41) is 12.9. The number of rotatable bonds is 13. The molecular weight excluding hydrogens is 602 g/mol. The molecule has 9 nitrogen and oxygen atoms in total. The Morgan fingerprint density at radius 1 is 0.955 bits per heavy atom. The third kappa shape index (κ3) is 8.29. The zero-order chi connectivity index (χ0) is 31.7. The summed E-state index contributed by atoms with van der Waals surface area (Å²) >= 11 is 6.02. The monoisotopic (exact) mass is 633 g/mol. The first-order valence-electron chi connectivity index (χ1n) is 13.6. The minimum absolute atomic E-state index is 0.0746. The van der Waals surface area contributed by atoms with Gasteiger partial charge >= 0.3 is 0 Å². The van der Waals surface area contributed by atoms with Crippen LogP contribution < -0.4 is 14.8 Å². The summed E-state index contributed by atoms with van der Waals surface area (Å²) in [6, 6.07) is 24.1. The predicted octanol–water partition coefficient (Wildman–Crippen LogP) is 5.92. The van der Waals surface area contributed by atoms with Crippen molar-refractivity contribution >= 4 is 33.6 Å². The van der Waals surface area contributed by atoms with E-state index in [0.717, 1.165) is 16.7 Å². The molecule has 0 atom stereocenters. The molecule has 3 aromatic carbocycles. The van der Waals surface area contributed by atoms with Crippen molar-refractivity contribution in [1.29, 1.82) is 5.26 Å². The summed E-state index contributed by atoms with van der Waals surface area (Å²) in [6.07, 6.45) is 1.84. The van der Waals surface area contributed by atoms with Crippen molar-refractivity contribution < 1.29 is 27.1 Å². The molecule has 4 aromatic rings. The van der Waals surface area contributed by atoms with Crippen LogP contribution in [0.3, 0.4) is 0 Å². The molecule has 1 heterocycles. The summed E-state index contributed by atoms with van der Waals surface area (Å²) in [4.78, 5) is 12.9. The van der Waals surface area contributed by atoms with E-state index in [2.05, 4.69) is 5.32 Å². The molecule has 0 radical (unpaired) electrons. The Morgan fingerprint density at radius 3 is 2.30 bits per heavy atom. The normalized spacial score (nSPS) is 11.7. The van der Waals surface area contributed by atoms with Crippen molar-refractivity contribution in [2.75, 3.05) is 20.8 Å². The van der Waals surface area contributed by atoms with Gasteiger partial charge < -0.3 is 19.2 Å². The largest absolute Gasteiger partial charge is 0.493 e. The fraction of sp³-hybridized carbons (Fsp3) is 0.212. The van der Waals surface area contributed by atoms with Gasteiger partial charge in [-0.2, -0.15) is 9.57 Å². The average Bonchev–Trinajstić information content (AvgIpc) is 3.47. The summed E-state index contributed by atoms with van der Waals surface area (Å²) in [6.45, 7) is 2.17. The van der Waals surface area contributed by atoms with Gasteiger partial charge in [0.2, 0.25) is 10.0 Å². The number of hydrogen-bond acceptors (Lipinski definition) is 7. The number of benzene rings is 3. The van der Waals surface area contributed by atoms with E-state index in [1.807, 2.05) is 25.1 Å². The standard InChI is InChI=1S/C33H32ClN3O6S/c1-23-4-13-30(14-5-23)44(39,40)37(21-25-6-9-27(34)10-7-25)22-29-12-11-28(43-29)19-26(20-35)33(38)36-17-16-24-8-15-31(41-2)32(18-24)42-3/h4-15,18-19H,16-17,21-22H2,1-3H3,(H,36,38)/b26-19-. The number of sulfonamides is 1. The summed E-state index contributed by atoms with van der Waals surface area (Å²) in [5.41, 5.74) is 2.45. The number of methoxy groups -OCH3 is 2. The maximum absolute atomic E-state index is 13.6. The van der Waals surface area contributed by atoms with Crippen molar-refractivity contribution in [2.45, 2.75) is 31.3 Å². The molecule has 1 aromatic heterocycles. The van der Waals surface area contributed by atoms with Crippen LogP contribution in [0, 0.1) is 18.3 Å². The second-order valence-electron chi connectivity index (χ2n) is 9.88. The van der Waals surface area contributed by atoms with Crippen LogP contribution in [0.4, 0.5) is 0 Å². The highest BCUT2D eigenvalue weighted by atomic mass is 35.5. The SMILES string of the molecule is COc1ccc(CCNC(=O)/C(C#N)=C\c2ccc(CN(Cc3ccc(Cl)cc3)S(=O)(=O)c3ccc(C)cc3)o2)cc1OC. The van der Waals surface area contributed by atoms with Gasteiger partial charge in [-0.1, -0.05) is 47.5 Å². The first-order valence-corrected chi connectivity index (χ1v) is 15.5. The van der Waals surface area contributed by atoms with E-state index in [4.69, 9.17) is 25.5 Å². The van der Waals surface area contributed by atoms with Crippen LogP contribution in [0.2, 0.25) is 5.02 Å². The van der Waals surface area contributed by atoms with E-state index < -0.39 is 15.9 Å². The molecule has 0 aliphatic heterocycles. The Bertz CT molecular complexity index is 1780. The number of furan rings is 1. The van der Waals surface area contributed by atoms with Crippen LogP contribution in [0.25, 0.3) is 6.08 Å². The Labute approximate surface area is 262 Å². The quantitative estimate of drug-likeness (QED) is 0.143. The average molecular weight is 634 g/mol. The number of aryl methyl sites for hydroxylation is 1. The number of nitrogens with one attached hydrogen (secondary N) is 1. The molecule has 0 unspecified atom stereocenters. The van der Waals surface area contributed by atoms with E-state index in [-0.39, 0.29) is 35.9 Å². The van der Waals surface area contributed by atoms with Crippen LogP contribution in [0.1, 0.15) is 28.2 Å². The van der Waals surface area contributed by atoms with Crippen LogP contribution in [0.5, 0.6) is 11.5 Å². The second kappa shape index (κ2) is 14.8. The lowest BCUT2D eigenvalue weighted by atomic mass is 10.1. The number of ether oxygens (including phenoxy) is 2. The number of nitriles is 1. The maximum Gasteiger partial charge on any atom is 0.262 e. The first-order chi connectivity index (χ1) is 21.1. The topological polar surface area (TPSA) is 122 Å². The third-order valence-electron chi connectivity index (χ3n) is 6.74. The van der Waals surface area contributed by atoms with Crippen LogP contribution in [0.15, 0.2) is 93.7 Å². The van der Waals surface area contributed by atoms with Gasteiger partial charge in [-0.25, -0.2) is 8.42 Å². The van der Waals surface area contributed by atoms with Gasteiger partial charge in [0.05, 0.1) is 25.7 Å². The predicted molar refractivity (Wildman–Crippen MR) is 168 cm³/mol. The molecule has 11 heteroatoms. The summed E-state index contributed by atoms with van der Waals surface area (Å²) < 4.78 is 45.0. The molecule has 1 amide bonds. The molecule has 0 aliphatic rings. The fourth-order valence-corrected chi connectivity index (χ4v) is 5.87. The molecule has 1 N–H and O–H groups in total. The van der Waals surface area contributed by atoms with E-state index >= 15 is 0 Å². The zero-order valence-corrected chi connectivity index (χ0v) is 26.1. The zero-order valence-electron chi connectivity index (χ0n) is 24.5. The number of hydrogen-bond donors (Lipinski definition) is 1. The second-order valence-corrected chi connectivity index (χ2v) is 12.3. The van der Waals surface area contributed by atoms with Crippen molar-refractivity contribution in [3.63, 3.8) is 0 Å². The molecular formula is C33H32ClN3O6S. The van der Waals surface area contributed by atoms with Crippen molar-refractivity contribution in [2.24, 2.45) is 0 Å². The van der Waals surface area contributed by atoms with E-state index in [9.17, 15) is 18.5 Å². The number of nitrogens with zero attached hydrogens (tertiary/aromatic N) is 2. The van der Waals surface area contributed by atoms with Gasteiger partial charge in [0.25, 0.3) is 5.91 Å². The summed E-state index contributed by atoms with van der Waals surface area (Å²) in [5.74, 6) is 1.21. The Hall–Kier alpha value is -4.56. The van der Waals surface area contributed by atoms with Crippen molar-refractivity contribution in [3.8, 4) is 17.6 Å². The lowest BCUT2D eigenvalue weighted by molar-refractivity contribution is -0.117. The number of carbonyl (C=O) groups excluding carboxylic acids is 1. The van der Waals surface area contributed by atoms with E-state index in [0.29, 0.717) is 28.7 Å². The lowest BCUT2D eigenvalue weighted by Gasteiger charge is -2.21. The Kier molecular flexibility index (Phi) is 10.8. The summed E-state index contributed by atoms with van der Waals surface area (Å²) in [7, 11) is -0.799. The molecule has 4 rings (SSSR count). The minimum atomic E-state index is -3.90. The molecule has 44 heavy (non-hydrogen) atoms. The maximum atomic E-state index is 13.6. The molecule has 228 valence electrons. The smallest absolute Gasteiger partial charge is 0.262 e. The third-order valence-corrected chi connectivity index (χ3v) is 8.80. The van der Waals surface area contributed by atoms with Crippen LogP contribution >= 0.6 is 11.6 Å². The van der Waals surface area contributed by atoms with Crippen LogP contribution in [-0.4, -0.2) is 39.4 Å². The molecule has 0 saturated carbocycles. The molecule has 0 saturated heterocycles. The molecule has 0 aliphatic carbocycles. The van der Waals surface area contributed by atoms with Gasteiger partial charge in [0, 0.05) is 24.2 Å². The van der Waals surface area contributed by atoms with Gasteiger partial charge in [-0.3, -0.25) is 4.79 Å². The highest BCUT2D eigenvalue weighted by Gasteiger charge is 2.26. The van der Waals surface area contributed by atoms with Gasteiger partial charge in [-0.05, 0) is 73.0 Å². The van der Waals surface area contributed by atoms with Gasteiger partial charge in [0.1, 0.15) is 23.2 Å². The molecule has 0 spiro atoms. The van der Waals surface area contributed by atoms with Crippen molar-refractivity contribution in [3.05, 3.63) is 118 Å². The molecule has 0 bridgehead atoms. The Morgan fingerprint density at radius 2 is 1.64 bits per heavy atom. The van der Waals surface area contributed by atoms with Gasteiger partial charge in [-0.15, -0.1) is 0 Å². The minimum Gasteiger partial charge on any atom is -0.493 e. The van der Waals surface area contributed by atoms with Crippen molar-refractivity contribution in [1.82, 2.24) is 9.62 Å². The van der Waals surface area contributed by atoms with E-state index in [1.54, 1.807) is 80.9 Å². The number of amides is 1. The molecule has 0 fully saturated rings. The fourth-order valence-electron chi connectivity index (χ4n) is 4.35. The van der Waals surface area contributed by atoms with Crippen LogP contribution in [-0.2, 0) is 34.3 Å². The van der Waals surface area contributed by atoms with E-state index in [1.165, 1.54) is 10.4 Å². The Balaban J connectivity index is 1.47.